The number of nitrogens with zero attached hydrogens (tertiary/aromatic N) is 2. The Bertz CT molecular complexity index is 1290. The lowest BCUT2D eigenvalue weighted by Crippen LogP contribution is -2.12. The first-order valence-electron chi connectivity index (χ1n) is 10.0. The van der Waals surface area contributed by atoms with Crippen LogP contribution < -0.4 is 19.5 Å². The second kappa shape index (κ2) is 8.19. The summed E-state index contributed by atoms with van der Waals surface area (Å²) in [6.07, 6.45) is 0. The van der Waals surface area contributed by atoms with E-state index in [2.05, 4.69) is 5.32 Å². The first kappa shape index (κ1) is 19.8. The number of fused-ring (bicyclic) bond motifs is 3. The van der Waals surface area contributed by atoms with Crippen molar-refractivity contribution in [2.75, 3.05) is 19.5 Å². The molecule has 1 aromatic heterocycles. The van der Waals surface area contributed by atoms with Crippen molar-refractivity contribution in [2.24, 2.45) is 0 Å². The van der Waals surface area contributed by atoms with E-state index in [1.807, 2.05) is 36.4 Å². The van der Waals surface area contributed by atoms with Crippen molar-refractivity contribution in [3.05, 3.63) is 78.1 Å². The Hall–Kier alpha value is -4.13. The van der Waals surface area contributed by atoms with Crippen LogP contribution in [0.1, 0.15) is 5.56 Å². The molecule has 0 amide bonds. The summed E-state index contributed by atoms with van der Waals surface area (Å²) in [5, 5.41) is 3.26. The van der Waals surface area contributed by atoms with Crippen molar-refractivity contribution in [1.29, 1.82) is 0 Å². The molecule has 0 saturated carbocycles. The standard InChI is InChI=1S/C25H20FN3O3/c1-30-17-11-12-20(22(13-17)31-2)27-25-28-23(15-7-9-16(26)10-8-15)19-14-32-21-6-4-3-5-18(21)24(19)29-25/h3-13H,14H2,1-2H3,(H,27,28,29). The number of hydrogen-bond acceptors (Lipinski definition) is 6. The van der Waals surface area contributed by atoms with Gasteiger partial charge in [0, 0.05) is 22.8 Å². The van der Waals surface area contributed by atoms with Crippen molar-refractivity contribution in [1.82, 2.24) is 9.97 Å². The highest BCUT2D eigenvalue weighted by atomic mass is 19.1. The summed E-state index contributed by atoms with van der Waals surface area (Å²) in [5.74, 6) is 2.12. The first-order chi connectivity index (χ1) is 15.7. The molecule has 0 unspecified atom stereocenters. The Morgan fingerprint density at radius 1 is 0.906 bits per heavy atom. The molecular formula is C25H20FN3O3. The van der Waals surface area contributed by atoms with E-state index < -0.39 is 0 Å². The Morgan fingerprint density at radius 3 is 2.47 bits per heavy atom. The van der Waals surface area contributed by atoms with Crippen LogP contribution in [0.3, 0.4) is 0 Å². The molecule has 3 aromatic carbocycles. The van der Waals surface area contributed by atoms with Gasteiger partial charge in [0.1, 0.15) is 29.7 Å². The summed E-state index contributed by atoms with van der Waals surface area (Å²) in [6.45, 7) is 0.325. The number of ether oxygens (including phenoxy) is 3. The monoisotopic (exact) mass is 429 g/mol. The summed E-state index contributed by atoms with van der Waals surface area (Å²) in [6, 6.07) is 19.4. The van der Waals surface area contributed by atoms with Crippen molar-refractivity contribution < 1.29 is 18.6 Å². The third kappa shape index (κ3) is 3.58. The second-order valence-electron chi connectivity index (χ2n) is 7.21. The molecule has 0 bridgehead atoms. The van der Waals surface area contributed by atoms with Crippen LogP contribution in [0.25, 0.3) is 22.5 Å². The molecular weight excluding hydrogens is 409 g/mol. The number of halogens is 1. The molecule has 6 nitrogen and oxygen atoms in total. The molecule has 1 aliphatic rings. The van der Waals surface area contributed by atoms with E-state index in [0.717, 1.165) is 28.1 Å². The summed E-state index contributed by atoms with van der Waals surface area (Å²) in [5.41, 5.74) is 4.65. The lowest BCUT2D eigenvalue weighted by molar-refractivity contribution is 0.301. The molecule has 0 aliphatic carbocycles. The summed E-state index contributed by atoms with van der Waals surface area (Å²) in [4.78, 5) is 9.57. The van der Waals surface area contributed by atoms with Crippen LogP contribution in [-0.4, -0.2) is 24.2 Å². The average Bonchev–Trinajstić information content (AvgIpc) is 2.84. The lowest BCUT2D eigenvalue weighted by atomic mass is 9.98. The number of aromatic nitrogens is 2. The van der Waals surface area contributed by atoms with Gasteiger partial charge in [-0.15, -0.1) is 0 Å². The number of benzene rings is 3. The minimum absolute atomic E-state index is 0.306. The van der Waals surface area contributed by atoms with Gasteiger partial charge in [-0.25, -0.2) is 14.4 Å². The highest BCUT2D eigenvalue weighted by Crippen LogP contribution is 2.41. The number of hydrogen-bond donors (Lipinski definition) is 1. The molecule has 1 N–H and O–H groups in total. The predicted octanol–water partition coefficient (Wildman–Crippen LogP) is 5.60. The van der Waals surface area contributed by atoms with Crippen molar-refractivity contribution in [2.45, 2.75) is 6.61 Å². The van der Waals surface area contributed by atoms with Gasteiger partial charge in [0.15, 0.2) is 0 Å². The number of para-hydroxylation sites is 1. The summed E-state index contributed by atoms with van der Waals surface area (Å²) >= 11 is 0. The van der Waals surface area contributed by atoms with Crippen LogP contribution >= 0.6 is 0 Å². The Kier molecular flexibility index (Phi) is 5.07. The number of methoxy groups -OCH3 is 2. The minimum atomic E-state index is -0.306. The zero-order chi connectivity index (χ0) is 22.1. The molecule has 0 radical (unpaired) electrons. The van der Waals surface area contributed by atoms with Crippen LogP contribution in [0.2, 0.25) is 0 Å². The Balaban J connectivity index is 1.66. The zero-order valence-electron chi connectivity index (χ0n) is 17.6. The lowest BCUT2D eigenvalue weighted by Gasteiger charge is -2.23. The molecule has 4 aromatic rings. The second-order valence-corrected chi connectivity index (χ2v) is 7.21. The van der Waals surface area contributed by atoms with E-state index in [-0.39, 0.29) is 5.82 Å². The topological polar surface area (TPSA) is 65.5 Å². The van der Waals surface area contributed by atoms with Crippen molar-refractivity contribution in [3.8, 4) is 39.8 Å². The number of rotatable bonds is 5. The Morgan fingerprint density at radius 2 is 1.69 bits per heavy atom. The molecule has 0 atom stereocenters. The normalized spacial score (nSPS) is 11.7. The fourth-order valence-electron chi connectivity index (χ4n) is 3.71. The van der Waals surface area contributed by atoms with E-state index in [0.29, 0.717) is 35.4 Å². The van der Waals surface area contributed by atoms with Crippen molar-refractivity contribution in [3.63, 3.8) is 0 Å². The third-order valence-corrected chi connectivity index (χ3v) is 5.29. The molecule has 1 aliphatic heterocycles. The van der Waals surface area contributed by atoms with Gasteiger partial charge in [0.25, 0.3) is 0 Å². The fourth-order valence-corrected chi connectivity index (χ4v) is 3.71. The summed E-state index contributed by atoms with van der Waals surface area (Å²) < 4.78 is 30.3. The van der Waals surface area contributed by atoms with Crippen LogP contribution in [-0.2, 0) is 6.61 Å². The average molecular weight is 429 g/mol. The maximum Gasteiger partial charge on any atom is 0.228 e. The van der Waals surface area contributed by atoms with E-state index in [4.69, 9.17) is 24.2 Å². The van der Waals surface area contributed by atoms with Gasteiger partial charge in [-0.2, -0.15) is 0 Å². The largest absolute Gasteiger partial charge is 0.497 e. The molecule has 0 saturated heterocycles. The van der Waals surface area contributed by atoms with Crippen LogP contribution in [0.5, 0.6) is 17.2 Å². The van der Waals surface area contributed by atoms with E-state index in [1.165, 1.54) is 12.1 Å². The molecule has 7 heteroatoms. The molecule has 0 spiro atoms. The third-order valence-electron chi connectivity index (χ3n) is 5.29. The van der Waals surface area contributed by atoms with Gasteiger partial charge in [-0.05, 0) is 48.5 Å². The maximum atomic E-state index is 13.6. The first-order valence-corrected chi connectivity index (χ1v) is 10.0. The zero-order valence-corrected chi connectivity index (χ0v) is 17.6. The quantitative estimate of drug-likeness (QED) is 0.445. The van der Waals surface area contributed by atoms with Crippen LogP contribution in [0.15, 0.2) is 66.7 Å². The van der Waals surface area contributed by atoms with Crippen molar-refractivity contribution >= 4 is 11.6 Å². The summed E-state index contributed by atoms with van der Waals surface area (Å²) in [7, 11) is 3.19. The number of nitrogens with one attached hydrogen (secondary N) is 1. The highest BCUT2D eigenvalue weighted by Gasteiger charge is 2.24. The van der Waals surface area contributed by atoms with Gasteiger partial charge in [0.05, 0.1) is 31.3 Å². The molecule has 2 heterocycles. The molecule has 160 valence electrons. The Labute approximate surface area is 184 Å². The van der Waals surface area contributed by atoms with Gasteiger partial charge < -0.3 is 19.5 Å². The SMILES string of the molecule is COc1ccc(Nc2nc(-c3ccc(F)cc3)c3c(n2)-c2ccccc2OC3)c(OC)c1. The van der Waals surface area contributed by atoms with Crippen LogP contribution in [0, 0.1) is 5.82 Å². The molecule has 5 rings (SSSR count). The number of anilines is 2. The smallest absolute Gasteiger partial charge is 0.228 e. The van der Waals surface area contributed by atoms with Gasteiger partial charge >= 0.3 is 0 Å². The minimum Gasteiger partial charge on any atom is -0.497 e. The van der Waals surface area contributed by atoms with E-state index in [1.54, 1.807) is 32.4 Å². The van der Waals surface area contributed by atoms with Gasteiger partial charge in [-0.1, -0.05) is 12.1 Å². The van der Waals surface area contributed by atoms with E-state index >= 15 is 0 Å². The van der Waals surface area contributed by atoms with E-state index in [9.17, 15) is 4.39 Å². The highest BCUT2D eigenvalue weighted by molar-refractivity contribution is 5.80. The van der Waals surface area contributed by atoms with Crippen LogP contribution in [0.4, 0.5) is 16.0 Å². The fraction of sp³-hybridized carbons (Fsp3) is 0.120. The van der Waals surface area contributed by atoms with Gasteiger partial charge in [0.2, 0.25) is 5.95 Å². The molecule has 0 fully saturated rings. The predicted molar refractivity (Wildman–Crippen MR) is 120 cm³/mol. The van der Waals surface area contributed by atoms with Gasteiger partial charge in [-0.3, -0.25) is 0 Å². The maximum absolute atomic E-state index is 13.6. The molecule has 32 heavy (non-hydrogen) atoms.